The molecule has 4 aliphatic carbocycles. The number of esters is 1. The molecule has 8 atom stereocenters. The van der Waals surface area contributed by atoms with Crippen molar-refractivity contribution in [3.8, 4) is 11.5 Å². The third kappa shape index (κ3) is 7.13. The van der Waals surface area contributed by atoms with Crippen LogP contribution in [-0.2, 0) is 38.2 Å². The number of aliphatic hydroxyl groups excluding tert-OH is 1. The van der Waals surface area contributed by atoms with Crippen LogP contribution >= 0.6 is 0 Å². The summed E-state index contributed by atoms with van der Waals surface area (Å²) in [5.74, 6) is -3.68. The summed E-state index contributed by atoms with van der Waals surface area (Å²) in [5, 5.41) is 28.4. The van der Waals surface area contributed by atoms with E-state index in [2.05, 4.69) is 4.84 Å². The third-order valence-electron chi connectivity index (χ3n) is 12.2. The maximum absolute atomic E-state index is 17.7. The number of carbonyl (C=O) groups is 4. The minimum atomic E-state index is -2.12. The summed E-state index contributed by atoms with van der Waals surface area (Å²) in [4.78, 5) is 56.1. The molecular weight excluding hydrogens is 725 g/mol. The number of alkyl halides is 1. The molecule has 3 N–H and O–H groups in total. The Labute approximate surface area is 317 Å². The molecule has 5 aliphatic rings. The van der Waals surface area contributed by atoms with Gasteiger partial charge in [0.15, 0.2) is 40.9 Å². The molecule has 0 aromatic heterocycles. The van der Waals surface area contributed by atoms with Gasteiger partial charge in [0.2, 0.25) is 5.78 Å². The number of nitrogens with zero attached hydrogens (tertiary/aromatic N) is 1. The largest absolute Gasteiger partial charge is 0.514 e. The van der Waals surface area contributed by atoms with Crippen LogP contribution in [0, 0.1) is 22.7 Å². The van der Waals surface area contributed by atoms with Gasteiger partial charge < -0.3 is 33.5 Å². The summed E-state index contributed by atoms with van der Waals surface area (Å²) in [6, 6.07) is 4.47. The topological polar surface area (TPSA) is 197 Å². The fraction of sp³-hybridized carbons (Fsp3) is 0.590. The van der Waals surface area contributed by atoms with Gasteiger partial charge in [-0.15, -0.1) is 0 Å². The molecular formula is C39H48FNO14. The zero-order valence-corrected chi connectivity index (χ0v) is 31.4. The van der Waals surface area contributed by atoms with Crippen molar-refractivity contribution in [2.45, 2.75) is 95.5 Å². The predicted octanol–water partition coefficient (Wildman–Crippen LogP) is 5.00. The van der Waals surface area contributed by atoms with E-state index in [1.807, 2.05) is 6.92 Å². The van der Waals surface area contributed by atoms with E-state index in [1.54, 1.807) is 32.9 Å². The Morgan fingerprint density at radius 1 is 1.05 bits per heavy atom. The van der Waals surface area contributed by atoms with E-state index in [-0.39, 0.29) is 43.3 Å². The molecule has 1 aromatic carbocycles. The lowest BCUT2D eigenvalue weighted by Crippen LogP contribution is -2.70. The number of rotatable bonds is 13. The Morgan fingerprint density at radius 2 is 1.80 bits per heavy atom. The van der Waals surface area contributed by atoms with Crippen LogP contribution in [0.1, 0.15) is 71.8 Å². The number of unbranched alkanes of at least 4 members (excludes halogenated alkanes) is 1. The molecule has 55 heavy (non-hydrogen) atoms. The second kappa shape index (κ2) is 15.1. The molecule has 0 bridgehead atoms. The summed E-state index contributed by atoms with van der Waals surface area (Å²) in [6.07, 6.45) is 5.32. The number of methoxy groups -OCH3 is 1. The average Bonchev–Trinajstić information content (AvgIpc) is 3.54. The van der Waals surface area contributed by atoms with E-state index < -0.39 is 81.8 Å². The summed E-state index contributed by atoms with van der Waals surface area (Å²) in [6.45, 7) is 6.24. The molecule has 1 aliphatic heterocycles. The summed E-state index contributed by atoms with van der Waals surface area (Å²) in [5.41, 5.74) is -4.96. The lowest BCUT2D eigenvalue weighted by atomic mass is 9.44. The first-order valence-corrected chi connectivity index (χ1v) is 18.3. The number of halogens is 1. The van der Waals surface area contributed by atoms with Crippen molar-refractivity contribution in [1.82, 2.24) is 5.39 Å². The number of aliphatic hydroxyl groups is 1. The fourth-order valence-electron chi connectivity index (χ4n) is 9.77. The van der Waals surface area contributed by atoms with Gasteiger partial charge in [-0.05, 0) is 101 Å². The van der Waals surface area contributed by atoms with Crippen molar-refractivity contribution in [2.24, 2.45) is 22.7 Å². The number of Topliss-reactive ketones (excluding diaryl/α,β-unsaturated/α-hetero) is 1. The highest BCUT2D eigenvalue weighted by Gasteiger charge is 2.80. The molecule has 0 amide bonds. The highest BCUT2D eigenvalue weighted by atomic mass is 19.1. The average molecular weight is 774 g/mol. The molecule has 1 saturated heterocycles. The molecule has 6 rings (SSSR count). The number of hydrogen-bond donors (Lipinski definition) is 3. The third-order valence-corrected chi connectivity index (χ3v) is 12.2. The summed E-state index contributed by atoms with van der Waals surface area (Å²) >= 11 is 0. The molecule has 300 valence electrons. The van der Waals surface area contributed by atoms with E-state index in [0.29, 0.717) is 36.8 Å². The highest BCUT2D eigenvalue weighted by Crippen LogP contribution is 2.72. The molecule has 4 fully saturated rings. The van der Waals surface area contributed by atoms with Crippen molar-refractivity contribution < 1.29 is 72.3 Å². The number of ketones is 2. The maximum atomic E-state index is 17.7. The van der Waals surface area contributed by atoms with Crippen LogP contribution in [0.2, 0.25) is 0 Å². The van der Waals surface area contributed by atoms with Gasteiger partial charge in [0.1, 0.15) is 0 Å². The van der Waals surface area contributed by atoms with Crippen molar-refractivity contribution in [2.75, 3.05) is 26.9 Å². The predicted molar refractivity (Wildman–Crippen MR) is 187 cm³/mol. The Kier molecular flexibility index (Phi) is 11.2. The monoisotopic (exact) mass is 773 g/mol. The Balaban J connectivity index is 1.12. The molecule has 1 aromatic rings. The van der Waals surface area contributed by atoms with Crippen LogP contribution in [0.25, 0.3) is 6.08 Å². The number of hydrogen-bond acceptors (Lipinski definition) is 15. The van der Waals surface area contributed by atoms with Crippen molar-refractivity contribution >= 4 is 29.8 Å². The molecule has 1 heterocycles. The standard InChI is InChI=1S/C39H48FNO14/c1-35(2)54-32-20-27-26-11-10-24-19-25(42)14-15-36(24,3)38(26,40)30(43)21-37(27,4)39(32,55-35)31(44)22-51-34(46)53-28-12-8-23(18-29(28)49-5)9-13-33(45)50-16-6-7-17-52-41(47)48/h8-9,12-15,18-19,26-27,30,32,43,47-48H,6-7,10-11,16-17,20-22H2,1-5H3/b13-9+/t26?,27-,30-,32+,36-,37-,38-,39+/m0/s1. The van der Waals surface area contributed by atoms with Gasteiger partial charge in [-0.25, -0.2) is 14.0 Å². The minimum absolute atomic E-state index is 0.0240. The first-order valence-electron chi connectivity index (χ1n) is 18.3. The number of ether oxygens (including phenoxy) is 6. The Bertz CT molecular complexity index is 1790. The number of fused-ring (bicyclic) bond motifs is 7. The molecule has 15 nitrogen and oxygen atoms in total. The normalized spacial score (nSPS) is 34.4. The lowest BCUT2D eigenvalue weighted by Gasteiger charge is -2.62. The van der Waals surface area contributed by atoms with Crippen molar-refractivity contribution in [3.05, 3.63) is 53.6 Å². The van der Waals surface area contributed by atoms with E-state index in [0.717, 1.165) is 0 Å². The number of allylic oxidation sites excluding steroid dienone is 4. The number of carbonyl (C=O) groups excluding carboxylic acids is 4. The van der Waals surface area contributed by atoms with Gasteiger partial charge in [-0.3, -0.25) is 24.8 Å². The second-order valence-corrected chi connectivity index (χ2v) is 15.6. The molecule has 1 unspecified atom stereocenters. The minimum Gasteiger partial charge on any atom is -0.493 e. The Morgan fingerprint density at radius 3 is 2.53 bits per heavy atom. The molecule has 3 saturated carbocycles. The zero-order valence-electron chi connectivity index (χ0n) is 31.4. The quantitative estimate of drug-likeness (QED) is 0.0796. The van der Waals surface area contributed by atoms with Gasteiger partial charge in [-0.2, -0.15) is 0 Å². The van der Waals surface area contributed by atoms with Crippen LogP contribution < -0.4 is 9.47 Å². The van der Waals surface area contributed by atoms with E-state index in [1.165, 1.54) is 43.5 Å². The molecule has 0 spiro atoms. The van der Waals surface area contributed by atoms with Crippen LogP contribution in [0.5, 0.6) is 11.5 Å². The number of benzene rings is 1. The maximum Gasteiger partial charge on any atom is 0.514 e. The Hall–Kier alpha value is -4.03. The van der Waals surface area contributed by atoms with Crippen molar-refractivity contribution in [1.29, 1.82) is 0 Å². The lowest BCUT2D eigenvalue weighted by molar-refractivity contribution is -0.492. The van der Waals surface area contributed by atoms with Crippen molar-refractivity contribution in [3.63, 3.8) is 0 Å². The summed E-state index contributed by atoms with van der Waals surface area (Å²) < 4.78 is 51.7. The first-order chi connectivity index (χ1) is 25.9. The SMILES string of the molecule is COc1cc(/C=C/C(=O)OCCCCON(O)O)ccc1OC(=O)OCC(=O)[C@@]12OC(C)(C)O[C@@H]1C[C@H]1C3CCC4=CC(=O)C=C[C@]4(C)[C@@]3(F)[C@@H](O)C[C@@]12C. The smallest absolute Gasteiger partial charge is 0.493 e. The zero-order chi connectivity index (χ0) is 40.0. The van der Waals surface area contributed by atoms with E-state index in [9.17, 15) is 24.3 Å². The van der Waals surface area contributed by atoms with Crippen LogP contribution in [0.4, 0.5) is 9.18 Å². The molecule has 0 radical (unpaired) electrons. The van der Waals surface area contributed by atoms with Crippen LogP contribution in [0.15, 0.2) is 48.1 Å². The second-order valence-electron chi connectivity index (χ2n) is 15.6. The fourth-order valence-corrected chi connectivity index (χ4v) is 9.77. The van der Waals surface area contributed by atoms with Gasteiger partial charge in [-0.1, -0.05) is 24.6 Å². The first kappa shape index (κ1) is 40.6. The summed E-state index contributed by atoms with van der Waals surface area (Å²) in [7, 11) is 1.35. The molecule has 16 heteroatoms. The van der Waals surface area contributed by atoms with Gasteiger partial charge >= 0.3 is 12.1 Å². The highest BCUT2D eigenvalue weighted by molar-refractivity contribution is 6.01. The van der Waals surface area contributed by atoms with E-state index in [4.69, 9.17) is 38.8 Å². The van der Waals surface area contributed by atoms with Gasteiger partial charge in [0.05, 0.1) is 37.9 Å². The van der Waals surface area contributed by atoms with E-state index >= 15 is 4.39 Å². The van der Waals surface area contributed by atoms with Gasteiger partial charge in [0.25, 0.3) is 0 Å². The van der Waals surface area contributed by atoms with Crippen LogP contribution in [0.3, 0.4) is 0 Å². The van der Waals surface area contributed by atoms with Crippen LogP contribution in [-0.4, -0.2) is 101 Å². The van der Waals surface area contributed by atoms with Gasteiger partial charge in [0, 0.05) is 22.8 Å².